The van der Waals surface area contributed by atoms with E-state index in [-0.39, 0.29) is 5.41 Å². The van der Waals surface area contributed by atoms with Crippen LogP contribution in [0.15, 0.2) is 61.1 Å². The van der Waals surface area contributed by atoms with E-state index in [1.165, 1.54) is 29.4 Å². The van der Waals surface area contributed by atoms with E-state index in [1.54, 1.807) is 0 Å². The summed E-state index contributed by atoms with van der Waals surface area (Å²) in [6.07, 6.45) is 8.22. The van der Waals surface area contributed by atoms with Gasteiger partial charge in [-0.3, -0.25) is 4.98 Å². The van der Waals surface area contributed by atoms with Crippen molar-refractivity contribution in [2.75, 3.05) is 31.1 Å². The molecular formula is C30H31N7. The third-order valence-electron chi connectivity index (χ3n) is 7.99. The second kappa shape index (κ2) is 8.63. The van der Waals surface area contributed by atoms with Gasteiger partial charge in [-0.05, 0) is 42.0 Å². The first kappa shape index (κ1) is 22.4. The van der Waals surface area contributed by atoms with Crippen molar-refractivity contribution >= 4 is 27.8 Å². The van der Waals surface area contributed by atoms with E-state index in [2.05, 4.69) is 75.4 Å². The van der Waals surface area contributed by atoms with Crippen LogP contribution in [0.4, 0.5) is 5.82 Å². The molecule has 0 radical (unpaired) electrons. The Kier molecular flexibility index (Phi) is 5.22. The zero-order chi connectivity index (χ0) is 25.0. The van der Waals surface area contributed by atoms with Gasteiger partial charge >= 0.3 is 0 Å². The number of aromatic nitrogens is 5. The number of pyridine rings is 2. The Hall–Kier alpha value is -3.84. The lowest BCUT2D eigenvalue weighted by molar-refractivity contribution is 0.586. The smallest absolute Gasteiger partial charge is 0.163 e. The van der Waals surface area contributed by atoms with Crippen molar-refractivity contribution in [2.45, 2.75) is 38.0 Å². The van der Waals surface area contributed by atoms with E-state index >= 15 is 0 Å². The molecule has 5 aromatic rings. The minimum Gasteiger partial charge on any atom is -0.353 e. The fourth-order valence-corrected chi connectivity index (χ4v) is 5.59. The molecule has 0 bridgehead atoms. The fourth-order valence-electron chi connectivity index (χ4n) is 5.59. The maximum absolute atomic E-state index is 5.26. The molecule has 37 heavy (non-hydrogen) atoms. The molecule has 1 aromatic carbocycles. The summed E-state index contributed by atoms with van der Waals surface area (Å²) in [5, 5.41) is 5.69. The SMILES string of the molecule is CC(C)(c1ccccc1)c1cc2c(-c3nc(N4CCNCC4)c4c(C5CC5)cncc4n3)ccnc2[nH]1. The molecule has 0 amide bonds. The molecule has 2 aliphatic rings. The standard InChI is InChI=1S/C30H31N7/c1-30(2,20-6-4-3-5-7-20)25-16-22-21(10-11-33-27(22)35-25)28-34-24-18-32-17-23(19-8-9-19)26(24)29(36-28)37-14-12-31-13-15-37/h3-7,10-11,16-19,31H,8-9,12-15H2,1-2H3,(H,33,35). The van der Waals surface area contributed by atoms with E-state index in [0.29, 0.717) is 5.92 Å². The Morgan fingerprint density at radius 3 is 2.57 bits per heavy atom. The van der Waals surface area contributed by atoms with Crippen LogP contribution in [0.25, 0.3) is 33.3 Å². The number of aromatic amines is 1. The van der Waals surface area contributed by atoms with Gasteiger partial charge < -0.3 is 15.2 Å². The summed E-state index contributed by atoms with van der Waals surface area (Å²) in [5.41, 5.74) is 6.25. The first-order valence-electron chi connectivity index (χ1n) is 13.2. The average Bonchev–Trinajstić information content (AvgIpc) is 3.69. The highest BCUT2D eigenvalue weighted by Gasteiger charge is 2.30. The van der Waals surface area contributed by atoms with E-state index in [9.17, 15) is 0 Å². The van der Waals surface area contributed by atoms with Crippen LogP contribution in [0.3, 0.4) is 0 Å². The monoisotopic (exact) mass is 489 g/mol. The lowest BCUT2D eigenvalue weighted by Gasteiger charge is -2.30. The fraction of sp³-hybridized carbons (Fsp3) is 0.333. The predicted octanol–water partition coefficient (Wildman–Crippen LogP) is 5.18. The van der Waals surface area contributed by atoms with Gasteiger partial charge in [0.25, 0.3) is 0 Å². The Bertz CT molecular complexity index is 1600. The molecule has 7 rings (SSSR count). The Morgan fingerprint density at radius 1 is 0.973 bits per heavy atom. The normalized spacial score (nSPS) is 16.5. The van der Waals surface area contributed by atoms with Gasteiger partial charge in [-0.1, -0.05) is 44.2 Å². The second-order valence-corrected chi connectivity index (χ2v) is 10.8. The van der Waals surface area contributed by atoms with Gasteiger partial charge in [-0.2, -0.15) is 0 Å². The molecule has 0 spiro atoms. The first-order chi connectivity index (χ1) is 18.1. The van der Waals surface area contributed by atoms with Crippen LogP contribution in [0.2, 0.25) is 0 Å². The Balaban J connectivity index is 1.41. The number of hydrogen-bond acceptors (Lipinski definition) is 6. The third kappa shape index (κ3) is 3.85. The second-order valence-electron chi connectivity index (χ2n) is 10.8. The van der Waals surface area contributed by atoms with Crippen molar-refractivity contribution in [1.82, 2.24) is 30.2 Å². The summed E-state index contributed by atoms with van der Waals surface area (Å²) in [7, 11) is 0. The van der Waals surface area contributed by atoms with Crippen molar-refractivity contribution in [1.29, 1.82) is 0 Å². The Labute approximate surface area is 216 Å². The van der Waals surface area contributed by atoms with Gasteiger partial charge in [0, 0.05) is 66.0 Å². The van der Waals surface area contributed by atoms with Crippen LogP contribution in [-0.2, 0) is 5.41 Å². The quantitative estimate of drug-likeness (QED) is 0.354. The van der Waals surface area contributed by atoms with Gasteiger partial charge in [0.2, 0.25) is 0 Å². The number of H-pyrrole nitrogens is 1. The van der Waals surface area contributed by atoms with Crippen molar-refractivity contribution in [3.05, 3.63) is 77.9 Å². The molecule has 1 saturated heterocycles. The topological polar surface area (TPSA) is 82.6 Å². The summed E-state index contributed by atoms with van der Waals surface area (Å²) in [6.45, 7) is 8.27. The maximum Gasteiger partial charge on any atom is 0.163 e. The van der Waals surface area contributed by atoms with Gasteiger partial charge in [0.15, 0.2) is 5.82 Å². The van der Waals surface area contributed by atoms with Gasteiger partial charge in [0.1, 0.15) is 11.5 Å². The van der Waals surface area contributed by atoms with Crippen LogP contribution in [0.5, 0.6) is 0 Å². The molecule has 4 aromatic heterocycles. The highest BCUT2D eigenvalue weighted by Crippen LogP contribution is 2.45. The number of nitrogens with one attached hydrogen (secondary N) is 2. The highest BCUT2D eigenvalue weighted by molar-refractivity contribution is 5.97. The molecule has 5 heterocycles. The summed E-state index contributed by atoms with van der Waals surface area (Å²) in [4.78, 5) is 25.6. The molecule has 186 valence electrons. The van der Waals surface area contributed by atoms with Gasteiger partial charge in [-0.25, -0.2) is 15.0 Å². The molecule has 2 fully saturated rings. The molecule has 7 nitrogen and oxygen atoms in total. The van der Waals surface area contributed by atoms with Gasteiger partial charge in [-0.15, -0.1) is 0 Å². The van der Waals surface area contributed by atoms with E-state index < -0.39 is 0 Å². The van der Waals surface area contributed by atoms with Crippen LogP contribution in [0.1, 0.15) is 49.4 Å². The molecular weight excluding hydrogens is 458 g/mol. The third-order valence-corrected chi connectivity index (χ3v) is 7.99. The summed E-state index contributed by atoms with van der Waals surface area (Å²) in [6, 6.07) is 14.9. The minimum atomic E-state index is -0.196. The number of benzene rings is 1. The lowest BCUT2D eigenvalue weighted by Crippen LogP contribution is -2.44. The number of fused-ring (bicyclic) bond motifs is 2. The van der Waals surface area contributed by atoms with E-state index in [1.807, 2.05) is 24.7 Å². The van der Waals surface area contributed by atoms with Crippen LogP contribution in [0, 0.1) is 0 Å². The van der Waals surface area contributed by atoms with Crippen LogP contribution >= 0.6 is 0 Å². The van der Waals surface area contributed by atoms with Crippen LogP contribution < -0.4 is 10.2 Å². The number of piperazine rings is 1. The molecule has 1 saturated carbocycles. The van der Waals surface area contributed by atoms with Crippen molar-refractivity contribution in [2.24, 2.45) is 0 Å². The average molecular weight is 490 g/mol. The first-order valence-corrected chi connectivity index (χ1v) is 13.2. The number of anilines is 1. The lowest BCUT2D eigenvalue weighted by atomic mass is 9.81. The predicted molar refractivity (Wildman–Crippen MR) is 148 cm³/mol. The molecule has 7 heteroatoms. The maximum atomic E-state index is 5.26. The summed E-state index contributed by atoms with van der Waals surface area (Å²) in [5.74, 6) is 2.34. The largest absolute Gasteiger partial charge is 0.353 e. The van der Waals surface area contributed by atoms with Crippen LogP contribution in [-0.4, -0.2) is 51.1 Å². The van der Waals surface area contributed by atoms with Gasteiger partial charge in [0.05, 0.1) is 11.7 Å². The number of rotatable bonds is 5. The molecule has 0 atom stereocenters. The van der Waals surface area contributed by atoms with E-state index in [0.717, 1.165) is 65.6 Å². The zero-order valence-corrected chi connectivity index (χ0v) is 21.3. The molecule has 0 unspecified atom stereocenters. The molecule has 2 N–H and O–H groups in total. The van der Waals surface area contributed by atoms with Crippen molar-refractivity contribution in [3.63, 3.8) is 0 Å². The summed E-state index contributed by atoms with van der Waals surface area (Å²) >= 11 is 0. The van der Waals surface area contributed by atoms with E-state index in [4.69, 9.17) is 9.97 Å². The molecule has 1 aliphatic heterocycles. The minimum absolute atomic E-state index is 0.196. The number of nitrogens with zero attached hydrogens (tertiary/aromatic N) is 5. The number of hydrogen-bond donors (Lipinski definition) is 2. The zero-order valence-electron chi connectivity index (χ0n) is 21.3. The molecule has 1 aliphatic carbocycles. The highest BCUT2D eigenvalue weighted by atomic mass is 15.2. The summed E-state index contributed by atoms with van der Waals surface area (Å²) < 4.78 is 0. The van der Waals surface area contributed by atoms with Crippen molar-refractivity contribution in [3.8, 4) is 11.4 Å². The van der Waals surface area contributed by atoms with Crippen molar-refractivity contribution < 1.29 is 0 Å². The Morgan fingerprint density at radius 2 is 1.78 bits per heavy atom.